The number of amides is 1. The summed E-state index contributed by atoms with van der Waals surface area (Å²) in [7, 11) is 0. The number of carbonyl (C=O) groups is 1. The Balaban J connectivity index is 1.71. The summed E-state index contributed by atoms with van der Waals surface area (Å²) >= 11 is 1.58. The van der Waals surface area contributed by atoms with Crippen molar-refractivity contribution < 1.29 is 13.9 Å². The van der Waals surface area contributed by atoms with Crippen molar-refractivity contribution in [3.05, 3.63) is 53.2 Å². The maximum absolute atomic E-state index is 13.9. The summed E-state index contributed by atoms with van der Waals surface area (Å²) in [6.07, 6.45) is 2.56. The summed E-state index contributed by atoms with van der Waals surface area (Å²) in [5.41, 5.74) is 1.35. The molecule has 3 rings (SSSR count). The van der Waals surface area contributed by atoms with E-state index in [1.165, 1.54) is 11.6 Å². The third kappa shape index (κ3) is 4.28. The minimum Gasteiger partial charge on any atom is -0.444 e. The largest absolute Gasteiger partial charge is 0.444 e. The standard InChI is InChI=1S/C20H22FNO2S/c1-20(2,3)24-19(23)22-12-10-14(11-13-22)17-8-9-18(25-17)15-6-4-5-7-16(15)21/h4-10H,11-13H2,1-3H3. The van der Waals surface area contributed by atoms with E-state index in [1.54, 1.807) is 28.4 Å². The molecule has 0 aliphatic carbocycles. The van der Waals surface area contributed by atoms with E-state index in [9.17, 15) is 9.18 Å². The molecule has 0 fully saturated rings. The van der Waals surface area contributed by atoms with Crippen LogP contribution in [0.5, 0.6) is 0 Å². The van der Waals surface area contributed by atoms with Crippen molar-refractivity contribution in [2.24, 2.45) is 0 Å². The molecule has 1 aromatic carbocycles. The van der Waals surface area contributed by atoms with Crippen molar-refractivity contribution in [3.8, 4) is 10.4 Å². The van der Waals surface area contributed by atoms with Crippen LogP contribution in [-0.2, 0) is 4.74 Å². The van der Waals surface area contributed by atoms with E-state index >= 15 is 0 Å². The fourth-order valence-corrected chi connectivity index (χ4v) is 3.80. The molecule has 0 bridgehead atoms. The van der Waals surface area contributed by atoms with Crippen molar-refractivity contribution in [3.63, 3.8) is 0 Å². The average Bonchev–Trinajstić information content (AvgIpc) is 3.03. The summed E-state index contributed by atoms with van der Waals surface area (Å²) in [5.74, 6) is -0.204. The number of nitrogens with zero attached hydrogens (tertiary/aromatic N) is 1. The predicted molar refractivity (Wildman–Crippen MR) is 100 cm³/mol. The molecule has 0 spiro atoms. The van der Waals surface area contributed by atoms with E-state index in [-0.39, 0.29) is 11.9 Å². The van der Waals surface area contributed by atoms with Gasteiger partial charge < -0.3 is 9.64 Å². The zero-order valence-corrected chi connectivity index (χ0v) is 15.5. The fraction of sp³-hybridized carbons (Fsp3) is 0.350. The Bertz CT molecular complexity index is 804. The van der Waals surface area contributed by atoms with Crippen LogP contribution >= 0.6 is 11.3 Å². The van der Waals surface area contributed by atoms with Gasteiger partial charge in [-0.05, 0) is 51.0 Å². The number of ether oxygens (including phenoxy) is 1. The van der Waals surface area contributed by atoms with E-state index in [1.807, 2.05) is 39.0 Å². The van der Waals surface area contributed by atoms with Crippen LogP contribution in [0.15, 0.2) is 42.5 Å². The number of rotatable bonds is 2. The maximum Gasteiger partial charge on any atom is 0.410 e. The normalized spacial score (nSPS) is 15.0. The second-order valence-corrected chi connectivity index (χ2v) is 8.13. The minimum absolute atomic E-state index is 0.204. The fourth-order valence-electron chi connectivity index (χ4n) is 2.70. The lowest BCUT2D eigenvalue weighted by Crippen LogP contribution is -2.39. The molecular weight excluding hydrogens is 337 g/mol. The Morgan fingerprint density at radius 2 is 1.88 bits per heavy atom. The zero-order valence-electron chi connectivity index (χ0n) is 14.7. The first-order valence-electron chi connectivity index (χ1n) is 8.35. The third-order valence-corrected chi connectivity index (χ3v) is 5.12. The first-order chi connectivity index (χ1) is 11.8. The molecule has 1 aliphatic rings. The first kappa shape index (κ1) is 17.7. The molecule has 0 atom stereocenters. The predicted octanol–water partition coefficient (Wildman–Crippen LogP) is 5.58. The van der Waals surface area contributed by atoms with Gasteiger partial charge in [-0.1, -0.05) is 24.3 Å². The molecule has 0 unspecified atom stereocenters. The van der Waals surface area contributed by atoms with Gasteiger partial charge in [0.25, 0.3) is 0 Å². The smallest absolute Gasteiger partial charge is 0.410 e. The van der Waals surface area contributed by atoms with E-state index in [4.69, 9.17) is 4.74 Å². The Hall–Kier alpha value is -2.14. The molecular formula is C20H22FNO2S. The molecule has 1 amide bonds. The molecule has 0 radical (unpaired) electrons. The molecule has 0 saturated heterocycles. The number of halogens is 1. The maximum atomic E-state index is 13.9. The summed E-state index contributed by atoms with van der Waals surface area (Å²) in [6, 6.07) is 10.8. The third-order valence-electron chi connectivity index (χ3n) is 3.92. The molecule has 132 valence electrons. The zero-order chi connectivity index (χ0) is 18.0. The van der Waals surface area contributed by atoms with Gasteiger partial charge in [-0.15, -0.1) is 11.3 Å². The minimum atomic E-state index is -0.483. The van der Waals surface area contributed by atoms with Crippen LogP contribution in [0.3, 0.4) is 0 Å². The number of benzene rings is 1. The molecule has 0 N–H and O–H groups in total. The topological polar surface area (TPSA) is 29.5 Å². The van der Waals surface area contributed by atoms with Crippen LogP contribution in [0.1, 0.15) is 32.1 Å². The lowest BCUT2D eigenvalue weighted by Gasteiger charge is -2.29. The molecule has 2 aromatic rings. The van der Waals surface area contributed by atoms with Crippen molar-refractivity contribution in [1.82, 2.24) is 4.90 Å². The van der Waals surface area contributed by atoms with Crippen LogP contribution in [-0.4, -0.2) is 29.7 Å². The summed E-state index contributed by atoms with van der Waals surface area (Å²) in [4.78, 5) is 15.9. The second kappa shape index (κ2) is 7.00. The van der Waals surface area contributed by atoms with Gasteiger partial charge in [-0.2, -0.15) is 0 Å². The quantitative estimate of drug-likeness (QED) is 0.701. The molecule has 3 nitrogen and oxygen atoms in total. The Kier molecular flexibility index (Phi) is 4.95. The van der Waals surface area contributed by atoms with Crippen molar-refractivity contribution in [2.45, 2.75) is 32.8 Å². The Labute approximate surface area is 151 Å². The molecule has 5 heteroatoms. The van der Waals surface area contributed by atoms with E-state index in [0.29, 0.717) is 18.7 Å². The van der Waals surface area contributed by atoms with E-state index in [2.05, 4.69) is 6.08 Å². The van der Waals surface area contributed by atoms with Gasteiger partial charge in [0.15, 0.2) is 0 Å². The number of thiophene rings is 1. The molecule has 2 heterocycles. The Morgan fingerprint density at radius 1 is 1.16 bits per heavy atom. The number of carbonyl (C=O) groups excluding carboxylic acids is 1. The van der Waals surface area contributed by atoms with E-state index < -0.39 is 5.60 Å². The van der Waals surface area contributed by atoms with Gasteiger partial charge in [-0.25, -0.2) is 9.18 Å². The highest BCUT2D eigenvalue weighted by atomic mass is 32.1. The summed E-state index contributed by atoms with van der Waals surface area (Å²) < 4.78 is 19.3. The van der Waals surface area contributed by atoms with Crippen LogP contribution in [0.4, 0.5) is 9.18 Å². The van der Waals surface area contributed by atoms with Crippen molar-refractivity contribution in [2.75, 3.05) is 13.1 Å². The van der Waals surface area contributed by atoms with Gasteiger partial charge in [0.1, 0.15) is 11.4 Å². The molecule has 25 heavy (non-hydrogen) atoms. The van der Waals surface area contributed by atoms with Gasteiger partial charge in [0.2, 0.25) is 0 Å². The van der Waals surface area contributed by atoms with Crippen LogP contribution < -0.4 is 0 Å². The van der Waals surface area contributed by atoms with Crippen LogP contribution in [0.25, 0.3) is 16.0 Å². The SMILES string of the molecule is CC(C)(C)OC(=O)N1CC=C(c2ccc(-c3ccccc3F)s2)CC1. The first-order valence-corrected chi connectivity index (χ1v) is 9.17. The average molecular weight is 359 g/mol. The van der Waals surface area contributed by atoms with Crippen molar-refractivity contribution in [1.29, 1.82) is 0 Å². The molecule has 0 saturated carbocycles. The van der Waals surface area contributed by atoms with Crippen molar-refractivity contribution >= 4 is 23.0 Å². The summed E-state index contributed by atoms with van der Waals surface area (Å²) in [6.45, 7) is 6.77. The van der Waals surface area contributed by atoms with Gasteiger partial charge in [-0.3, -0.25) is 0 Å². The van der Waals surface area contributed by atoms with Gasteiger partial charge in [0, 0.05) is 28.4 Å². The lowest BCUT2D eigenvalue weighted by molar-refractivity contribution is 0.0270. The second-order valence-electron chi connectivity index (χ2n) is 7.05. The Morgan fingerprint density at radius 3 is 2.52 bits per heavy atom. The van der Waals surface area contributed by atoms with Gasteiger partial charge in [0.05, 0.1) is 0 Å². The highest BCUT2D eigenvalue weighted by Crippen LogP contribution is 2.35. The highest BCUT2D eigenvalue weighted by Gasteiger charge is 2.24. The highest BCUT2D eigenvalue weighted by molar-refractivity contribution is 7.16. The molecule has 1 aliphatic heterocycles. The number of hydrogen-bond acceptors (Lipinski definition) is 3. The monoisotopic (exact) mass is 359 g/mol. The number of hydrogen-bond donors (Lipinski definition) is 0. The van der Waals surface area contributed by atoms with Crippen LogP contribution in [0, 0.1) is 5.82 Å². The lowest BCUT2D eigenvalue weighted by atomic mass is 10.1. The van der Waals surface area contributed by atoms with E-state index in [0.717, 1.165) is 16.2 Å². The summed E-state index contributed by atoms with van der Waals surface area (Å²) in [5, 5.41) is 0. The van der Waals surface area contributed by atoms with Gasteiger partial charge >= 0.3 is 6.09 Å². The molecule has 1 aromatic heterocycles. The van der Waals surface area contributed by atoms with Crippen LogP contribution in [0.2, 0.25) is 0 Å².